The zero-order valence-corrected chi connectivity index (χ0v) is 27.4. The number of allylic oxidation sites excluding steroid dienone is 6. The molecule has 1 atom stereocenters. The molecule has 2 heterocycles. The number of thioether (sulfide) groups is 1. The highest BCUT2D eigenvalue weighted by Crippen LogP contribution is 2.33. The fourth-order valence-corrected chi connectivity index (χ4v) is 4.95. The number of thiocarbonyl (C=S) groups is 1. The zero-order valence-electron chi connectivity index (χ0n) is 25.0. The largest absolute Gasteiger partial charge is 0.458 e. The summed E-state index contributed by atoms with van der Waals surface area (Å²) in [5, 5.41) is 3.49. The molecule has 3 rings (SSSR count). The molecular formula is C33H37ClN2O5S2. The molecule has 2 aromatic rings. The molecule has 43 heavy (non-hydrogen) atoms. The van der Waals surface area contributed by atoms with Crippen molar-refractivity contribution in [3.05, 3.63) is 107 Å². The zero-order chi connectivity index (χ0) is 32.2. The van der Waals surface area contributed by atoms with E-state index >= 15 is 0 Å². The second kappa shape index (κ2) is 16.8. The minimum atomic E-state index is -0.920. The minimum absolute atomic E-state index is 0.248. The third-order valence-electron chi connectivity index (χ3n) is 5.49. The molecule has 1 aromatic carbocycles. The Hall–Kier alpha value is -3.66. The first-order valence-corrected chi connectivity index (χ1v) is 15.0. The molecule has 1 aromatic heterocycles. The van der Waals surface area contributed by atoms with Crippen LogP contribution in [0.5, 0.6) is 0 Å². The number of benzene rings is 1. The first-order valence-electron chi connectivity index (χ1n) is 13.4. The summed E-state index contributed by atoms with van der Waals surface area (Å²) >= 11 is 11.8. The second-order valence-corrected chi connectivity index (χ2v) is 12.7. The van der Waals surface area contributed by atoms with Gasteiger partial charge in [-0.2, -0.15) is 0 Å². The number of amides is 2. The minimum Gasteiger partial charge on any atom is -0.458 e. The number of carbonyl (C=O) groups excluding carboxylic acids is 3. The van der Waals surface area contributed by atoms with Crippen LogP contribution in [0.25, 0.3) is 11.6 Å². The summed E-state index contributed by atoms with van der Waals surface area (Å²) in [4.78, 5) is 40.3. The van der Waals surface area contributed by atoms with E-state index in [1.54, 1.807) is 57.2 Å². The van der Waals surface area contributed by atoms with Crippen molar-refractivity contribution in [3.8, 4) is 0 Å². The van der Waals surface area contributed by atoms with Crippen molar-refractivity contribution >= 4 is 69.3 Å². The van der Waals surface area contributed by atoms with Crippen LogP contribution in [0.1, 0.15) is 51.7 Å². The average molecular weight is 641 g/mol. The van der Waals surface area contributed by atoms with E-state index in [9.17, 15) is 14.4 Å². The number of ether oxygens (including phenoxy) is 1. The molecule has 10 heteroatoms. The quantitative estimate of drug-likeness (QED) is 0.125. The van der Waals surface area contributed by atoms with Gasteiger partial charge in [-0.25, -0.2) is 4.79 Å². The Bertz CT molecular complexity index is 1430. The summed E-state index contributed by atoms with van der Waals surface area (Å²) in [7, 11) is 0. The van der Waals surface area contributed by atoms with Gasteiger partial charge >= 0.3 is 5.97 Å². The average Bonchev–Trinajstić information content (AvgIpc) is 3.49. The van der Waals surface area contributed by atoms with Gasteiger partial charge in [0.25, 0.3) is 5.91 Å². The SMILES string of the molecule is C=C/C=C(\C)Cl.C=C/C=C(\C)c1ccc(/C=C2\SC(=S)N(CC(=O)NC(Cc3ccccc3)C(=O)OC(C)(C)C)C2=O)o1. The van der Waals surface area contributed by atoms with E-state index in [0.717, 1.165) is 27.9 Å². The van der Waals surface area contributed by atoms with Crippen molar-refractivity contribution < 1.29 is 23.5 Å². The topological polar surface area (TPSA) is 88.9 Å². The first kappa shape index (κ1) is 35.5. The Morgan fingerprint density at radius 2 is 1.77 bits per heavy atom. The maximum absolute atomic E-state index is 13.0. The van der Waals surface area contributed by atoms with Crippen LogP contribution < -0.4 is 5.32 Å². The van der Waals surface area contributed by atoms with Crippen molar-refractivity contribution in [1.29, 1.82) is 0 Å². The Balaban J connectivity index is 0.000000973. The highest BCUT2D eigenvalue weighted by Gasteiger charge is 2.35. The molecule has 1 fully saturated rings. The first-order chi connectivity index (χ1) is 20.2. The lowest BCUT2D eigenvalue weighted by Crippen LogP contribution is -2.49. The molecule has 7 nitrogen and oxygen atoms in total. The van der Waals surface area contributed by atoms with E-state index in [1.807, 2.05) is 50.3 Å². The Morgan fingerprint density at radius 1 is 1.12 bits per heavy atom. The number of rotatable bonds is 10. The van der Waals surface area contributed by atoms with Crippen LogP contribution in [0.2, 0.25) is 0 Å². The number of nitrogens with one attached hydrogen (secondary N) is 1. The molecule has 1 aliphatic heterocycles. The number of nitrogens with zero attached hydrogens (tertiary/aromatic N) is 1. The van der Waals surface area contributed by atoms with Crippen LogP contribution in [0, 0.1) is 0 Å². The number of carbonyl (C=O) groups is 3. The Morgan fingerprint density at radius 3 is 2.33 bits per heavy atom. The third-order valence-corrected chi connectivity index (χ3v) is 6.99. The fourth-order valence-electron chi connectivity index (χ4n) is 3.63. The lowest BCUT2D eigenvalue weighted by molar-refractivity contribution is -0.158. The Kier molecular flexibility index (Phi) is 13.9. The predicted molar refractivity (Wildman–Crippen MR) is 180 cm³/mol. The monoisotopic (exact) mass is 640 g/mol. The maximum atomic E-state index is 13.0. The van der Waals surface area contributed by atoms with Gasteiger partial charge in [0.2, 0.25) is 5.91 Å². The van der Waals surface area contributed by atoms with Crippen molar-refractivity contribution in [2.24, 2.45) is 0 Å². The van der Waals surface area contributed by atoms with Gasteiger partial charge in [-0.3, -0.25) is 14.5 Å². The normalized spacial score (nSPS) is 15.5. The van der Waals surface area contributed by atoms with E-state index in [1.165, 1.54) is 4.90 Å². The van der Waals surface area contributed by atoms with Gasteiger partial charge in [0, 0.05) is 17.5 Å². The number of halogens is 1. The van der Waals surface area contributed by atoms with Gasteiger partial charge in [0.15, 0.2) is 0 Å². The number of hydrogen-bond acceptors (Lipinski definition) is 7. The summed E-state index contributed by atoms with van der Waals surface area (Å²) in [6.07, 6.45) is 8.73. The Labute approximate surface area is 268 Å². The molecule has 0 spiro atoms. The number of hydrogen-bond donors (Lipinski definition) is 1. The smallest absolute Gasteiger partial charge is 0.329 e. The van der Waals surface area contributed by atoms with Gasteiger partial charge < -0.3 is 14.5 Å². The van der Waals surface area contributed by atoms with E-state index in [4.69, 9.17) is 33.0 Å². The summed E-state index contributed by atoms with van der Waals surface area (Å²) in [6.45, 7) is 15.8. The molecule has 0 radical (unpaired) electrons. The van der Waals surface area contributed by atoms with Crippen molar-refractivity contribution in [2.45, 2.75) is 52.7 Å². The highest BCUT2D eigenvalue weighted by molar-refractivity contribution is 8.26. The maximum Gasteiger partial charge on any atom is 0.329 e. The van der Waals surface area contributed by atoms with Crippen molar-refractivity contribution in [3.63, 3.8) is 0 Å². The molecule has 1 N–H and O–H groups in total. The lowest BCUT2D eigenvalue weighted by Gasteiger charge is -2.25. The molecule has 0 aliphatic carbocycles. The summed E-state index contributed by atoms with van der Waals surface area (Å²) < 4.78 is 11.5. The van der Waals surface area contributed by atoms with Gasteiger partial charge in [0.05, 0.1) is 4.91 Å². The van der Waals surface area contributed by atoms with Gasteiger partial charge in [-0.15, -0.1) is 0 Å². The molecule has 0 saturated carbocycles. The molecule has 2 amide bonds. The van der Waals surface area contributed by atoms with Crippen molar-refractivity contribution in [2.75, 3.05) is 6.54 Å². The molecule has 1 saturated heterocycles. The van der Waals surface area contributed by atoms with Crippen LogP contribution in [-0.4, -0.2) is 45.2 Å². The summed E-state index contributed by atoms with van der Waals surface area (Å²) in [6, 6.07) is 12.0. The van der Waals surface area contributed by atoms with Crippen molar-refractivity contribution in [1.82, 2.24) is 10.2 Å². The van der Waals surface area contributed by atoms with Crippen LogP contribution in [0.15, 0.2) is 94.3 Å². The molecule has 1 aliphatic rings. The van der Waals surface area contributed by atoms with Crippen LogP contribution in [-0.2, 0) is 25.5 Å². The third kappa shape index (κ3) is 12.2. The van der Waals surface area contributed by atoms with E-state index in [0.29, 0.717) is 16.4 Å². The van der Waals surface area contributed by atoms with Crippen LogP contribution >= 0.6 is 35.6 Å². The standard InChI is InChI=1S/C28H30N2O5S2.C5H7Cl/c1-6-10-18(2)22-14-13-20(34-22)16-23-25(32)30(27(36)37-23)17-24(31)29-21(26(33)35-28(3,4)5)15-19-11-8-7-9-12-19;1-3-4-5(2)6/h6-14,16,21H,1,15,17H2,2-5H3,(H,29,31);3-4H,1H2,2H3/b18-10+,23-16-;5-4+. The van der Waals surface area contributed by atoms with E-state index < -0.39 is 29.4 Å². The molecular weight excluding hydrogens is 604 g/mol. The van der Waals surface area contributed by atoms with Crippen LogP contribution in [0.3, 0.4) is 0 Å². The summed E-state index contributed by atoms with van der Waals surface area (Å²) in [5.41, 5.74) is 1.04. The fraction of sp³-hybridized carbons (Fsp3) is 0.273. The molecule has 228 valence electrons. The van der Waals surface area contributed by atoms with Gasteiger partial charge in [-0.05, 0) is 64.0 Å². The van der Waals surface area contributed by atoms with Gasteiger partial charge in [-0.1, -0.05) is 97.3 Å². The van der Waals surface area contributed by atoms with Crippen LogP contribution in [0.4, 0.5) is 0 Å². The highest BCUT2D eigenvalue weighted by atomic mass is 35.5. The second-order valence-electron chi connectivity index (χ2n) is 10.4. The number of furan rings is 1. The lowest BCUT2D eigenvalue weighted by atomic mass is 10.1. The molecule has 1 unspecified atom stereocenters. The predicted octanol–water partition coefficient (Wildman–Crippen LogP) is 7.45. The molecule has 0 bridgehead atoms. The van der Waals surface area contributed by atoms with E-state index in [-0.39, 0.29) is 17.3 Å². The van der Waals surface area contributed by atoms with Gasteiger partial charge in [0.1, 0.15) is 34.0 Å². The van der Waals surface area contributed by atoms with E-state index in [2.05, 4.69) is 18.5 Å². The summed E-state index contributed by atoms with van der Waals surface area (Å²) in [5.74, 6) is -0.324. The number of esters is 1.